The molecule has 0 radical (unpaired) electrons. The number of hydrogen-bond donors (Lipinski definition) is 0. The maximum absolute atomic E-state index is 14.7. The molecule has 0 amide bonds. The van der Waals surface area contributed by atoms with Crippen molar-refractivity contribution >= 4 is 0 Å². The summed E-state index contributed by atoms with van der Waals surface area (Å²) in [6.07, 6.45) is 20.5. The van der Waals surface area contributed by atoms with Gasteiger partial charge in [0.15, 0.2) is 0 Å². The molecule has 33 heavy (non-hydrogen) atoms. The Morgan fingerprint density at radius 3 is 2.06 bits per heavy atom. The first-order valence-electron chi connectivity index (χ1n) is 13.8. The molecule has 0 N–H and O–H groups in total. The minimum Gasteiger partial charge on any atom is -0.206 e. The van der Waals surface area contributed by atoms with Crippen molar-refractivity contribution in [3.8, 4) is 11.3 Å². The van der Waals surface area contributed by atoms with Crippen LogP contribution < -0.4 is 0 Å². The minimum absolute atomic E-state index is 0.184. The minimum atomic E-state index is -0.184. The van der Waals surface area contributed by atoms with E-state index in [1.54, 1.807) is 6.07 Å². The normalized spacial score (nSPS) is 18.5. The van der Waals surface area contributed by atoms with E-state index in [9.17, 15) is 4.39 Å². The molecule has 1 aromatic carbocycles. The van der Waals surface area contributed by atoms with E-state index in [1.165, 1.54) is 83.5 Å². The van der Waals surface area contributed by atoms with Crippen molar-refractivity contribution in [2.45, 2.75) is 117 Å². The number of nitrogens with zero attached hydrogens (tertiary/aromatic N) is 2. The molecule has 3 rings (SSSR count). The van der Waals surface area contributed by atoms with E-state index in [-0.39, 0.29) is 5.82 Å². The van der Waals surface area contributed by atoms with E-state index < -0.39 is 0 Å². The smallest absolute Gasteiger partial charge is 0.132 e. The van der Waals surface area contributed by atoms with E-state index in [0.29, 0.717) is 11.3 Å². The molecule has 0 unspecified atom stereocenters. The van der Waals surface area contributed by atoms with Gasteiger partial charge in [0, 0.05) is 5.56 Å². The first kappa shape index (κ1) is 25.8. The second-order valence-corrected chi connectivity index (χ2v) is 10.3. The van der Waals surface area contributed by atoms with E-state index in [0.717, 1.165) is 42.4 Å². The molecule has 0 spiro atoms. The van der Waals surface area contributed by atoms with Crippen molar-refractivity contribution in [1.82, 2.24) is 10.2 Å². The monoisotopic (exact) mass is 452 g/mol. The molecule has 1 saturated carbocycles. The van der Waals surface area contributed by atoms with Gasteiger partial charge in [-0.1, -0.05) is 97.0 Å². The average molecular weight is 453 g/mol. The van der Waals surface area contributed by atoms with Gasteiger partial charge in [-0.05, 0) is 67.3 Å². The highest BCUT2D eigenvalue weighted by molar-refractivity contribution is 5.59. The molecule has 0 atom stereocenters. The van der Waals surface area contributed by atoms with Crippen LogP contribution in [0.2, 0.25) is 0 Å². The van der Waals surface area contributed by atoms with Gasteiger partial charge in [0.25, 0.3) is 0 Å². The first-order valence-corrected chi connectivity index (χ1v) is 13.8. The zero-order chi connectivity index (χ0) is 23.3. The molecule has 2 nitrogen and oxygen atoms in total. The van der Waals surface area contributed by atoms with Crippen molar-refractivity contribution in [2.75, 3.05) is 0 Å². The van der Waals surface area contributed by atoms with Crippen LogP contribution in [0.15, 0.2) is 30.3 Å². The Labute approximate surface area is 201 Å². The number of hydrogen-bond acceptors (Lipinski definition) is 2. The van der Waals surface area contributed by atoms with Gasteiger partial charge in [-0.25, -0.2) is 4.39 Å². The zero-order valence-electron chi connectivity index (χ0n) is 21.1. The van der Waals surface area contributed by atoms with Crippen molar-refractivity contribution in [2.24, 2.45) is 11.8 Å². The lowest BCUT2D eigenvalue weighted by Gasteiger charge is -2.28. The van der Waals surface area contributed by atoms with Gasteiger partial charge < -0.3 is 0 Å². The summed E-state index contributed by atoms with van der Waals surface area (Å²) >= 11 is 0. The quantitative estimate of drug-likeness (QED) is 0.267. The van der Waals surface area contributed by atoms with Crippen LogP contribution in [0.4, 0.5) is 4.39 Å². The third kappa shape index (κ3) is 8.83. The summed E-state index contributed by atoms with van der Waals surface area (Å²) in [5.74, 6) is 1.62. The van der Waals surface area contributed by atoms with Crippen LogP contribution in [0.1, 0.15) is 115 Å². The van der Waals surface area contributed by atoms with Gasteiger partial charge in [0.05, 0.1) is 11.4 Å². The summed E-state index contributed by atoms with van der Waals surface area (Å²) in [5, 5.41) is 8.79. The second kappa shape index (κ2) is 14.5. The van der Waals surface area contributed by atoms with Crippen LogP contribution in [0, 0.1) is 17.7 Å². The Balaban J connectivity index is 1.41. The van der Waals surface area contributed by atoms with Crippen molar-refractivity contribution < 1.29 is 4.39 Å². The zero-order valence-corrected chi connectivity index (χ0v) is 21.1. The lowest BCUT2D eigenvalue weighted by Crippen LogP contribution is -2.15. The van der Waals surface area contributed by atoms with Gasteiger partial charge in [-0.3, -0.25) is 0 Å². The Hall–Kier alpha value is -1.77. The fourth-order valence-electron chi connectivity index (χ4n) is 5.34. The first-order chi connectivity index (χ1) is 16.2. The molecule has 2 aromatic rings. The molecule has 1 heterocycles. The van der Waals surface area contributed by atoms with Gasteiger partial charge in [0.2, 0.25) is 0 Å². The Kier molecular flexibility index (Phi) is 11.3. The molecule has 0 aliphatic heterocycles. The number of rotatable bonds is 14. The topological polar surface area (TPSA) is 25.8 Å². The predicted molar refractivity (Wildman–Crippen MR) is 138 cm³/mol. The average Bonchev–Trinajstić information content (AvgIpc) is 2.84. The molecule has 1 aliphatic rings. The molecule has 182 valence electrons. The maximum Gasteiger partial charge on any atom is 0.132 e. The van der Waals surface area contributed by atoms with Crippen LogP contribution in [-0.4, -0.2) is 10.2 Å². The van der Waals surface area contributed by atoms with Gasteiger partial charge >= 0.3 is 0 Å². The third-order valence-electron chi connectivity index (χ3n) is 7.59. The highest BCUT2D eigenvalue weighted by Gasteiger charge is 2.21. The Morgan fingerprint density at radius 1 is 0.727 bits per heavy atom. The maximum atomic E-state index is 14.7. The molecule has 0 bridgehead atoms. The predicted octanol–water partition coefficient (Wildman–Crippen LogP) is 9.11. The van der Waals surface area contributed by atoms with Crippen LogP contribution in [-0.2, 0) is 12.8 Å². The summed E-state index contributed by atoms with van der Waals surface area (Å²) in [6.45, 7) is 4.50. The SMILES string of the molecule is CCCCCCc1ccc(-c2ccc(CCC3CCC(CCCCCC)CC3)nn2)c(F)c1. The van der Waals surface area contributed by atoms with Crippen LogP contribution >= 0.6 is 0 Å². The van der Waals surface area contributed by atoms with Crippen molar-refractivity contribution in [1.29, 1.82) is 0 Å². The number of unbranched alkanes of at least 4 members (excludes halogenated alkanes) is 6. The van der Waals surface area contributed by atoms with E-state index in [4.69, 9.17) is 0 Å². The van der Waals surface area contributed by atoms with E-state index in [1.807, 2.05) is 24.3 Å². The molecule has 0 saturated heterocycles. The fraction of sp³-hybridized carbons (Fsp3) is 0.667. The summed E-state index contributed by atoms with van der Waals surface area (Å²) in [4.78, 5) is 0. The van der Waals surface area contributed by atoms with E-state index >= 15 is 0 Å². The number of aromatic nitrogens is 2. The molecular weight excluding hydrogens is 407 g/mol. The number of benzene rings is 1. The van der Waals surface area contributed by atoms with E-state index in [2.05, 4.69) is 24.0 Å². The summed E-state index contributed by atoms with van der Waals surface area (Å²) in [6, 6.07) is 9.57. The van der Waals surface area contributed by atoms with Gasteiger partial charge in [0.1, 0.15) is 5.82 Å². The van der Waals surface area contributed by atoms with Crippen molar-refractivity contribution in [3.63, 3.8) is 0 Å². The van der Waals surface area contributed by atoms with Crippen LogP contribution in [0.3, 0.4) is 0 Å². The third-order valence-corrected chi connectivity index (χ3v) is 7.59. The molecule has 1 aromatic heterocycles. The highest BCUT2D eigenvalue weighted by atomic mass is 19.1. The largest absolute Gasteiger partial charge is 0.206 e. The lowest BCUT2D eigenvalue weighted by molar-refractivity contribution is 0.248. The van der Waals surface area contributed by atoms with Gasteiger partial charge in [-0.2, -0.15) is 10.2 Å². The highest BCUT2D eigenvalue weighted by Crippen LogP contribution is 2.34. The van der Waals surface area contributed by atoms with Crippen LogP contribution in [0.25, 0.3) is 11.3 Å². The summed E-state index contributed by atoms with van der Waals surface area (Å²) < 4.78 is 14.7. The van der Waals surface area contributed by atoms with Crippen molar-refractivity contribution in [3.05, 3.63) is 47.4 Å². The second-order valence-electron chi connectivity index (χ2n) is 10.3. The Bertz CT molecular complexity index is 793. The Morgan fingerprint density at radius 2 is 1.42 bits per heavy atom. The number of halogens is 1. The van der Waals surface area contributed by atoms with Gasteiger partial charge in [-0.15, -0.1) is 0 Å². The summed E-state index contributed by atoms with van der Waals surface area (Å²) in [5.41, 5.74) is 3.31. The van der Waals surface area contributed by atoms with Crippen LogP contribution in [0.5, 0.6) is 0 Å². The molecule has 1 fully saturated rings. The molecular formula is C30H45FN2. The lowest BCUT2D eigenvalue weighted by atomic mass is 9.78. The fourth-order valence-corrected chi connectivity index (χ4v) is 5.34. The standard InChI is InChI=1S/C30H45FN2/c1-3-5-7-9-11-24-13-15-25(16-14-24)17-19-27-20-22-30(33-32-27)28-21-18-26(23-29(28)31)12-10-8-6-4-2/h18,20-25H,3-17,19H2,1-2H3. The molecule has 3 heteroatoms. The number of aryl methyl sites for hydroxylation is 2. The summed E-state index contributed by atoms with van der Waals surface area (Å²) in [7, 11) is 0. The molecule has 1 aliphatic carbocycles.